The predicted molar refractivity (Wildman–Crippen MR) is 113 cm³/mol. The van der Waals surface area contributed by atoms with Crippen molar-refractivity contribution in [2.24, 2.45) is 0 Å². The Hall–Kier alpha value is -2.24. The molecule has 0 radical (unpaired) electrons. The Labute approximate surface area is 168 Å². The van der Waals surface area contributed by atoms with E-state index in [9.17, 15) is 0 Å². The zero-order chi connectivity index (χ0) is 20.1. The van der Waals surface area contributed by atoms with Crippen molar-refractivity contribution < 1.29 is 14.2 Å². The summed E-state index contributed by atoms with van der Waals surface area (Å²) in [6, 6.07) is 11.0. The lowest BCUT2D eigenvalue weighted by atomic mass is 9.91. The maximum atomic E-state index is 5.64. The first-order chi connectivity index (χ1) is 13.6. The van der Waals surface area contributed by atoms with Crippen molar-refractivity contribution in [1.82, 2.24) is 10.2 Å². The van der Waals surface area contributed by atoms with Gasteiger partial charge in [0.2, 0.25) is 5.75 Å². The van der Waals surface area contributed by atoms with Gasteiger partial charge in [0.25, 0.3) is 0 Å². The predicted octanol–water partition coefficient (Wildman–Crippen LogP) is 3.71. The van der Waals surface area contributed by atoms with Crippen LogP contribution in [0, 0.1) is 13.8 Å². The molecule has 1 aliphatic heterocycles. The summed E-state index contributed by atoms with van der Waals surface area (Å²) in [5.41, 5.74) is 5.05. The van der Waals surface area contributed by atoms with E-state index in [-0.39, 0.29) is 6.04 Å². The minimum absolute atomic E-state index is 0.133. The number of nitrogens with one attached hydrogen (secondary N) is 1. The number of nitrogens with zero attached hydrogens (tertiary/aromatic N) is 1. The van der Waals surface area contributed by atoms with Crippen molar-refractivity contribution in [3.8, 4) is 17.2 Å². The number of aryl methyl sites for hydroxylation is 2. The van der Waals surface area contributed by atoms with Gasteiger partial charge in [-0.25, -0.2) is 0 Å². The fourth-order valence-corrected chi connectivity index (χ4v) is 4.03. The molecule has 1 aliphatic rings. The first kappa shape index (κ1) is 20.5. The van der Waals surface area contributed by atoms with E-state index < -0.39 is 0 Å². The molecule has 0 aliphatic carbocycles. The molecule has 1 unspecified atom stereocenters. The second-order valence-electron chi connectivity index (χ2n) is 7.36. The number of hydrogen-bond acceptors (Lipinski definition) is 5. The van der Waals surface area contributed by atoms with Crippen LogP contribution in [0.4, 0.5) is 0 Å². The Bertz CT molecular complexity index is 773. The fraction of sp³-hybridized carbons (Fsp3) is 0.478. The van der Waals surface area contributed by atoms with Gasteiger partial charge in [0.15, 0.2) is 11.5 Å². The molecule has 2 aromatic carbocycles. The standard InChI is InChI=1S/C23H32N2O3/c1-16-7-8-17(2)19(13-16)22(25-11-6-9-24-10-12-25)18-14-20(26-3)23(28-5)21(15-18)27-4/h7-8,13-15,22,24H,6,9-12H2,1-5H3. The van der Waals surface area contributed by atoms with Crippen LogP contribution in [0.25, 0.3) is 0 Å². The molecule has 5 heteroatoms. The molecule has 0 spiro atoms. The maximum Gasteiger partial charge on any atom is 0.203 e. The van der Waals surface area contributed by atoms with E-state index in [1.54, 1.807) is 21.3 Å². The van der Waals surface area contributed by atoms with Crippen LogP contribution in [0.15, 0.2) is 30.3 Å². The Morgan fingerprint density at radius 1 is 0.893 bits per heavy atom. The second kappa shape index (κ2) is 9.30. The average Bonchev–Trinajstić information content (AvgIpc) is 2.99. The Kier molecular flexibility index (Phi) is 6.81. The van der Waals surface area contributed by atoms with Crippen LogP contribution < -0.4 is 19.5 Å². The lowest BCUT2D eigenvalue weighted by molar-refractivity contribution is 0.238. The van der Waals surface area contributed by atoms with Crippen LogP contribution in [0.5, 0.6) is 17.2 Å². The van der Waals surface area contributed by atoms with Gasteiger partial charge < -0.3 is 19.5 Å². The van der Waals surface area contributed by atoms with Crippen LogP contribution >= 0.6 is 0 Å². The smallest absolute Gasteiger partial charge is 0.203 e. The van der Waals surface area contributed by atoms with Crippen molar-refractivity contribution >= 4 is 0 Å². The molecule has 1 fully saturated rings. The van der Waals surface area contributed by atoms with Crippen molar-refractivity contribution in [2.75, 3.05) is 47.5 Å². The van der Waals surface area contributed by atoms with E-state index >= 15 is 0 Å². The van der Waals surface area contributed by atoms with Gasteiger partial charge in [0.05, 0.1) is 27.4 Å². The summed E-state index contributed by atoms with van der Waals surface area (Å²) in [5, 5.41) is 3.51. The molecule has 1 heterocycles. The molecular formula is C23H32N2O3. The molecule has 28 heavy (non-hydrogen) atoms. The highest BCUT2D eigenvalue weighted by Gasteiger charge is 2.27. The SMILES string of the molecule is COc1cc(C(c2cc(C)ccc2C)N2CCCNCC2)cc(OC)c1OC. The molecule has 5 nitrogen and oxygen atoms in total. The molecule has 0 saturated carbocycles. The second-order valence-corrected chi connectivity index (χ2v) is 7.36. The summed E-state index contributed by atoms with van der Waals surface area (Å²) in [7, 11) is 4.98. The van der Waals surface area contributed by atoms with E-state index in [1.807, 2.05) is 0 Å². The molecule has 2 aromatic rings. The van der Waals surface area contributed by atoms with Crippen LogP contribution in [-0.4, -0.2) is 52.4 Å². The van der Waals surface area contributed by atoms with E-state index in [1.165, 1.54) is 16.7 Å². The van der Waals surface area contributed by atoms with Crippen molar-refractivity contribution in [3.05, 3.63) is 52.6 Å². The van der Waals surface area contributed by atoms with Crippen molar-refractivity contribution in [2.45, 2.75) is 26.3 Å². The quantitative estimate of drug-likeness (QED) is 0.822. The molecule has 0 aromatic heterocycles. The van der Waals surface area contributed by atoms with Crippen LogP contribution in [0.3, 0.4) is 0 Å². The third-order valence-electron chi connectivity index (χ3n) is 5.47. The fourth-order valence-electron chi connectivity index (χ4n) is 4.03. The molecule has 1 atom stereocenters. The molecule has 0 amide bonds. The Balaban J connectivity index is 2.17. The molecule has 3 rings (SSSR count). The minimum atomic E-state index is 0.133. The summed E-state index contributed by atoms with van der Waals surface area (Å²) < 4.78 is 16.8. The third-order valence-corrected chi connectivity index (χ3v) is 5.47. The zero-order valence-corrected chi connectivity index (χ0v) is 17.7. The zero-order valence-electron chi connectivity index (χ0n) is 17.7. The van der Waals surface area contributed by atoms with E-state index in [0.717, 1.165) is 38.2 Å². The van der Waals surface area contributed by atoms with Crippen LogP contribution in [0.2, 0.25) is 0 Å². The van der Waals surface area contributed by atoms with Gasteiger partial charge in [0.1, 0.15) is 0 Å². The normalized spacial score (nSPS) is 16.3. The van der Waals surface area contributed by atoms with Gasteiger partial charge in [-0.3, -0.25) is 4.90 Å². The molecule has 1 saturated heterocycles. The summed E-state index contributed by atoms with van der Waals surface area (Å²) in [6.45, 7) is 8.43. The van der Waals surface area contributed by atoms with E-state index in [0.29, 0.717) is 17.2 Å². The lowest BCUT2D eigenvalue weighted by Crippen LogP contribution is -2.33. The Morgan fingerprint density at radius 2 is 1.61 bits per heavy atom. The highest BCUT2D eigenvalue weighted by molar-refractivity contribution is 5.56. The molecular weight excluding hydrogens is 352 g/mol. The lowest BCUT2D eigenvalue weighted by Gasteiger charge is -2.33. The number of ether oxygens (including phenoxy) is 3. The third kappa shape index (κ3) is 4.26. The molecule has 152 valence electrons. The van der Waals surface area contributed by atoms with Gasteiger partial charge in [-0.1, -0.05) is 23.8 Å². The van der Waals surface area contributed by atoms with Gasteiger partial charge in [-0.05, 0) is 55.6 Å². The van der Waals surface area contributed by atoms with E-state index in [4.69, 9.17) is 14.2 Å². The number of hydrogen-bond donors (Lipinski definition) is 1. The molecule has 1 N–H and O–H groups in total. The maximum absolute atomic E-state index is 5.64. The van der Waals surface area contributed by atoms with Gasteiger partial charge in [-0.15, -0.1) is 0 Å². The van der Waals surface area contributed by atoms with Crippen molar-refractivity contribution in [3.63, 3.8) is 0 Å². The first-order valence-corrected chi connectivity index (χ1v) is 9.90. The number of benzene rings is 2. The minimum Gasteiger partial charge on any atom is -0.493 e. The number of rotatable bonds is 6. The van der Waals surface area contributed by atoms with Gasteiger partial charge in [-0.2, -0.15) is 0 Å². The van der Waals surface area contributed by atoms with Crippen molar-refractivity contribution in [1.29, 1.82) is 0 Å². The summed E-state index contributed by atoms with van der Waals surface area (Å²) in [6.07, 6.45) is 1.13. The van der Waals surface area contributed by atoms with E-state index in [2.05, 4.69) is 54.4 Å². The van der Waals surface area contributed by atoms with Crippen LogP contribution in [0.1, 0.15) is 34.7 Å². The molecule has 0 bridgehead atoms. The highest BCUT2D eigenvalue weighted by Crippen LogP contribution is 2.42. The first-order valence-electron chi connectivity index (χ1n) is 9.90. The highest BCUT2D eigenvalue weighted by atomic mass is 16.5. The Morgan fingerprint density at radius 3 is 2.25 bits per heavy atom. The summed E-state index contributed by atoms with van der Waals surface area (Å²) in [4.78, 5) is 2.56. The van der Waals surface area contributed by atoms with Crippen LogP contribution in [-0.2, 0) is 0 Å². The average molecular weight is 385 g/mol. The summed E-state index contributed by atoms with van der Waals surface area (Å²) in [5.74, 6) is 2.02. The van der Waals surface area contributed by atoms with Gasteiger partial charge >= 0.3 is 0 Å². The largest absolute Gasteiger partial charge is 0.493 e. The van der Waals surface area contributed by atoms with Gasteiger partial charge in [0, 0.05) is 19.6 Å². The summed E-state index contributed by atoms with van der Waals surface area (Å²) >= 11 is 0. The number of methoxy groups -OCH3 is 3. The monoisotopic (exact) mass is 384 g/mol. The topological polar surface area (TPSA) is 43.0 Å².